The van der Waals surface area contributed by atoms with Gasteiger partial charge in [-0.05, 0) is 33.1 Å². The second-order valence-corrected chi connectivity index (χ2v) is 5.71. The van der Waals surface area contributed by atoms with Gasteiger partial charge in [0.2, 0.25) is 5.91 Å². The fourth-order valence-corrected chi connectivity index (χ4v) is 1.70. The van der Waals surface area contributed by atoms with E-state index in [4.69, 9.17) is 25.5 Å². The van der Waals surface area contributed by atoms with Crippen LogP contribution in [0.3, 0.4) is 0 Å². The zero-order chi connectivity index (χ0) is 16.6. The molecule has 0 spiro atoms. The van der Waals surface area contributed by atoms with Gasteiger partial charge in [0.05, 0.1) is 6.10 Å². The third-order valence-electron chi connectivity index (χ3n) is 2.98. The summed E-state index contributed by atoms with van der Waals surface area (Å²) in [6, 6.07) is 0. The van der Waals surface area contributed by atoms with Crippen molar-refractivity contribution in [1.29, 1.82) is 0 Å². The van der Waals surface area contributed by atoms with Gasteiger partial charge in [-0.1, -0.05) is 0 Å². The van der Waals surface area contributed by atoms with Gasteiger partial charge in [-0.3, -0.25) is 4.79 Å². The van der Waals surface area contributed by atoms with E-state index in [1.807, 2.05) is 18.7 Å². The number of aliphatic hydroxyl groups excluding tert-OH is 1. The summed E-state index contributed by atoms with van der Waals surface area (Å²) in [7, 11) is 0. The highest BCUT2D eigenvalue weighted by atomic mass is 16.4. The number of carboxylic acids is 2. The van der Waals surface area contributed by atoms with Crippen LogP contribution in [0.15, 0.2) is 0 Å². The van der Waals surface area contributed by atoms with E-state index in [-0.39, 0.29) is 17.6 Å². The summed E-state index contributed by atoms with van der Waals surface area (Å²) in [6.45, 7) is 5.23. The molecule has 1 rings (SSSR count). The second-order valence-electron chi connectivity index (χ2n) is 5.71. The maximum absolute atomic E-state index is 11.7. The zero-order valence-corrected chi connectivity index (χ0v) is 12.4. The summed E-state index contributed by atoms with van der Waals surface area (Å²) in [5.74, 6) is -3.48. The maximum Gasteiger partial charge on any atom is 0.414 e. The summed E-state index contributed by atoms with van der Waals surface area (Å²) in [6.07, 6.45) is 2.42. The molecule has 0 radical (unpaired) electrons. The van der Waals surface area contributed by atoms with E-state index < -0.39 is 11.9 Å². The summed E-state index contributed by atoms with van der Waals surface area (Å²) in [5, 5.41) is 24.1. The van der Waals surface area contributed by atoms with Crippen molar-refractivity contribution in [2.45, 2.75) is 51.2 Å². The SMILES string of the molecule is CC(C)(N)CCC(=O)N1CCC(O)CC1.O=C(O)C(=O)O. The van der Waals surface area contributed by atoms with Crippen LogP contribution in [-0.4, -0.2) is 62.8 Å². The first-order valence-corrected chi connectivity index (χ1v) is 6.74. The summed E-state index contributed by atoms with van der Waals surface area (Å²) >= 11 is 0. The van der Waals surface area contributed by atoms with Gasteiger partial charge < -0.3 is 26.0 Å². The molecule has 1 heterocycles. The summed E-state index contributed by atoms with van der Waals surface area (Å²) in [4.78, 5) is 31.8. The Labute approximate surface area is 123 Å². The van der Waals surface area contributed by atoms with E-state index in [9.17, 15) is 9.90 Å². The molecule has 0 unspecified atom stereocenters. The molecule has 0 aliphatic carbocycles. The molecule has 1 amide bonds. The second kappa shape index (κ2) is 8.58. The van der Waals surface area contributed by atoms with E-state index in [0.29, 0.717) is 38.8 Å². The third kappa shape index (κ3) is 9.80. The van der Waals surface area contributed by atoms with Crippen molar-refractivity contribution in [2.24, 2.45) is 5.73 Å². The smallest absolute Gasteiger partial charge is 0.414 e. The number of piperidine rings is 1. The number of hydrogen-bond donors (Lipinski definition) is 4. The van der Waals surface area contributed by atoms with Gasteiger partial charge in [0.25, 0.3) is 0 Å². The van der Waals surface area contributed by atoms with E-state index >= 15 is 0 Å². The number of carbonyl (C=O) groups excluding carboxylic acids is 1. The monoisotopic (exact) mass is 304 g/mol. The number of aliphatic carboxylic acids is 2. The Kier molecular flexibility index (Phi) is 7.90. The lowest BCUT2D eigenvalue weighted by molar-refractivity contribution is -0.159. The van der Waals surface area contributed by atoms with Crippen LogP contribution in [0.2, 0.25) is 0 Å². The average Bonchev–Trinajstić information content (AvgIpc) is 2.36. The van der Waals surface area contributed by atoms with Gasteiger partial charge in [0.1, 0.15) is 0 Å². The lowest BCUT2D eigenvalue weighted by atomic mass is 9.99. The number of amides is 1. The first-order chi connectivity index (χ1) is 9.53. The van der Waals surface area contributed by atoms with Gasteiger partial charge in [0.15, 0.2) is 0 Å². The Morgan fingerprint density at radius 2 is 1.57 bits per heavy atom. The van der Waals surface area contributed by atoms with Gasteiger partial charge >= 0.3 is 11.9 Å². The van der Waals surface area contributed by atoms with E-state index in [2.05, 4.69) is 0 Å². The molecular weight excluding hydrogens is 280 g/mol. The quantitative estimate of drug-likeness (QED) is 0.522. The minimum Gasteiger partial charge on any atom is -0.473 e. The molecule has 5 N–H and O–H groups in total. The molecule has 0 aromatic heterocycles. The van der Waals surface area contributed by atoms with Crippen molar-refractivity contribution in [3.05, 3.63) is 0 Å². The van der Waals surface area contributed by atoms with Crippen LogP contribution in [0.1, 0.15) is 39.5 Å². The standard InChI is InChI=1S/C11H22N2O2.C2H2O4/c1-11(2,12)6-3-10(15)13-7-4-9(14)5-8-13;3-1(4)2(5)6/h9,14H,3-8,12H2,1-2H3;(H,3,4)(H,5,6). The van der Waals surface area contributed by atoms with Crippen LogP contribution in [0.4, 0.5) is 0 Å². The van der Waals surface area contributed by atoms with Gasteiger partial charge in [-0.15, -0.1) is 0 Å². The number of carboxylic acid groups (broad SMARTS) is 2. The highest BCUT2D eigenvalue weighted by molar-refractivity contribution is 6.27. The van der Waals surface area contributed by atoms with Crippen molar-refractivity contribution in [2.75, 3.05) is 13.1 Å². The van der Waals surface area contributed by atoms with E-state index in [0.717, 1.165) is 0 Å². The van der Waals surface area contributed by atoms with Gasteiger partial charge in [-0.2, -0.15) is 0 Å². The molecule has 122 valence electrons. The topological polar surface area (TPSA) is 141 Å². The van der Waals surface area contributed by atoms with Crippen molar-refractivity contribution in [3.63, 3.8) is 0 Å². The molecule has 0 atom stereocenters. The molecule has 0 saturated carbocycles. The number of likely N-dealkylation sites (tertiary alicyclic amines) is 1. The number of carbonyl (C=O) groups is 3. The summed E-state index contributed by atoms with van der Waals surface area (Å²) in [5.41, 5.74) is 5.55. The fourth-order valence-electron chi connectivity index (χ4n) is 1.70. The van der Waals surface area contributed by atoms with Gasteiger partial charge in [-0.25, -0.2) is 9.59 Å². The number of nitrogens with zero attached hydrogens (tertiary/aromatic N) is 1. The molecule has 0 bridgehead atoms. The van der Waals surface area contributed by atoms with Crippen molar-refractivity contribution in [1.82, 2.24) is 4.90 Å². The van der Waals surface area contributed by atoms with Crippen molar-refractivity contribution >= 4 is 17.8 Å². The zero-order valence-electron chi connectivity index (χ0n) is 12.4. The molecule has 8 heteroatoms. The van der Waals surface area contributed by atoms with Crippen molar-refractivity contribution in [3.8, 4) is 0 Å². The number of nitrogens with two attached hydrogens (primary N) is 1. The van der Waals surface area contributed by atoms with Crippen LogP contribution in [0, 0.1) is 0 Å². The van der Waals surface area contributed by atoms with Crippen LogP contribution < -0.4 is 5.73 Å². The first-order valence-electron chi connectivity index (χ1n) is 6.74. The van der Waals surface area contributed by atoms with Crippen LogP contribution in [0.5, 0.6) is 0 Å². The van der Waals surface area contributed by atoms with Gasteiger partial charge in [0, 0.05) is 25.0 Å². The van der Waals surface area contributed by atoms with E-state index in [1.165, 1.54) is 0 Å². The first kappa shape index (κ1) is 19.3. The molecule has 1 aliphatic heterocycles. The minimum atomic E-state index is -1.82. The minimum absolute atomic E-state index is 0.167. The molecule has 0 aromatic rings. The average molecular weight is 304 g/mol. The lowest BCUT2D eigenvalue weighted by Gasteiger charge is -2.30. The molecular formula is C13H24N2O6. The Balaban J connectivity index is 0.000000567. The third-order valence-corrected chi connectivity index (χ3v) is 2.98. The van der Waals surface area contributed by atoms with E-state index in [1.54, 1.807) is 0 Å². The molecule has 1 fully saturated rings. The highest BCUT2D eigenvalue weighted by Gasteiger charge is 2.22. The normalized spacial score (nSPS) is 15.9. The Morgan fingerprint density at radius 3 is 1.90 bits per heavy atom. The molecule has 1 saturated heterocycles. The lowest BCUT2D eigenvalue weighted by Crippen LogP contribution is -2.41. The maximum atomic E-state index is 11.7. The van der Waals surface area contributed by atoms with Crippen molar-refractivity contribution < 1.29 is 29.7 Å². The van der Waals surface area contributed by atoms with Crippen LogP contribution in [-0.2, 0) is 14.4 Å². The molecule has 0 aromatic carbocycles. The predicted octanol–water partition coefficient (Wildman–Crippen LogP) is -0.357. The molecule has 21 heavy (non-hydrogen) atoms. The highest BCUT2D eigenvalue weighted by Crippen LogP contribution is 2.14. The molecule has 8 nitrogen and oxygen atoms in total. The number of rotatable bonds is 3. The largest absolute Gasteiger partial charge is 0.473 e. The number of hydrogen-bond acceptors (Lipinski definition) is 5. The predicted molar refractivity (Wildman–Crippen MR) is 74.6 cm³/mol. The van der Waals surface area contributed by atoms with Crippen LogP contribution >= 0.6 is 0 Å². The number of aliphatic hydroxyl groups is 1. The van der Waals surface area contributed by atoms with Crippen LogP contribution in [0.25, 0.3) is 0 Å². The summed E-state index contributed by atoms with van der Waals surface area (Å²) < 4.78 is 0. The Bertz CT molecular complexity index is 357. The Hall–Kier alpha value is -1.67. The molecule has 1 aliphatic rings. The fraction of sp³-hybridized carbons (Fsp3) is 0.769. The Morgan fingerprint density at radius 1 is 1.14 bits per heavy atom.